The van der Waals surface area contributed by atoms with Crippen molar-refractivity contribution in [2.24, 2.45) is 5.73 Å². The van der Waals surface area contributed by atoms with Crippen molar-refractivity contribution in [1.82, 2.24) is 5.32 Å². The van der Waals surface area contributed by atoms with Crippen molar-refractivity contribution in [3.8, 4) is 0 Å². The van der Waals surface area contributed by atoms with Crippen LogP contribution in [0.25, 0.3) is 0 Å². The van der Waals surface area contributed by atoms with Crippen LogP contribution in [0.1, 0.15) is 37.8 Å². The van der Waals surface area contributed by atoms with Crippen molar-refractivity contribution in [3.63, 3.8) is 0 Å². The molecule has 0 radical (unpaired) electrons. The summed E-state index contributed by atoms with van der Waals surface area (Å²) in [6.45, 7) is 5.27. The van der Waals surface area contributed by atoms with E-state index in [2.05, 4.69) is 19.2 Å². The van der Waals surface area contributed by atoms with E-state index >= 15 is 0 Å². The second kappa shape index (κ2) is 6.28. The lowest BCUT2D eigenvalue weighted by Gasteiger charge is -2.14. The Kier molecular flexibility index (Phi) is 4.99. The van der Waals surface area contributed by atoms with Gasteiger partial charge in [-0.3, -0.25) is 5.41 Å². The highest BCUT2D eigenvalue weighted by Crippen LogP contribution is 2.05. The molecule has 0 atom stereocenters. The van der Waals surface area contributed by atoms with Crippen molar-refractivity contribution in [2.45, 2.75) is 39.3 Å². The zero-order valence-corrected chi connectivity index (χ0v) is 10.1. The van der Waals surface area contributed by atoms with E-state index in [1.807, 2.05) is 24.3 Å². The summed E-state index contributed by atoms with van der Waals surface area (Å²) in [4.78, 5) is 0. The third-order valence-corrected chi connectivity index (χ3v) is 2.85. The number of nitrogens with two attached hydrogens (primary N) is 1. The third-order valence-electron chi connectivity index (χ3n) is 2.85. The monoisotopic (exact) mass is 219 g/mol. The standard InChI is InChI=1S/C13H21N3/c1-3-12(4-2)16-9-10-5-7-11(8-6-10)13(14)15/h5-8,12,16H,3-4,9H2,1-2H3,(H3,14,15). The van der Waals surface area contributed by atoms with Gasteiger partial charge in [-0.15, -0.1) is 0 Å². The molecule has 88 valence electrons. The van der Waals surface area contributed by atoms with Crippen LogP contribution in [0.15, 0.2) is 24.3 Å². The zero-order chi connectivity index (χ0) is 12.0. The molecule has 4 N–H and O–H groups in total. The molecule has 0 amide bonds. The molecule has 0 aliphatic rings. The van der Waals surface area contributed by atoms with Gasteiger partial charge >= 0.3 is 0 Å². The lowest BCUT2D eigenvalue weighted by molar-refractivity contribution is 0.484. The Morgan fingerprint density at radius 2 is 1.81 bits per heavy atom. The molecule has 16 heavy (non-hydrogen) atoms. The van der Waals surface area contributed by atoms with Gasteiger partial charge in [0.15, 0.2) is 0 Å². The Morgan fingerprint density at radius 3 is 2.25 bits per heavy atom. The van der Waals surface area contributed by atoms with Crippen LogP contribution >= 0.6 is 0 Å². The van der Waals surface area contributed by atoms with Crippen molar-refractivity contribution in [3.05, 3.63) is 35.4 Å². The topological polar surface area (TPSA) is 61.9 Å². The molecule has 0 saturated heterocycles. The quantitative estimate of drug-likeness (QED) is 0.507. The molecule has 1 rings (SSSR count). The first-order valence-corrected chi connectivity index (χ1v) is 5.84. The number of nitrogen functional groups attached to an aromatic ring is 1. The van der Waals surface area contributed by atoms with Crippen molar-refractivity contribution in [1.29, 1.82) is 5.41 Å². The number of nitrogens with one attached hydrogen (secondary N) is 2. The molecule has 1 aromatic carbocycles. The minimum atomic E-state index is 0.125. The summed E-state index contributed by atoms with van der Waals surface area (Å²) in [6.07, 6.45) is 2.31. The highest BCUT2D eigenvalue weighted by Gasteiger charge is 2.02. The first-order chi connectivity index (χ1) is 7.67. The van der Waals surface area contributed by atoms with E-state index in [0.29, 0.717) is 6.04 Å². The Balaban J connectivity index is 2.52. The summed E-state index contributed by atoms with van der Waals surface area (Å²) in [6, 6.07) is 8.42. The molecule has 0 saturated carbocycles. The average Bonchev–Trinajstić information content (AvgIpc) is 2.31. The maximum atomic E-state index is 7.30. The highest BCUT2D eigenvalue weighted by atomic mass is 14.9. The van der Waals surface area contributed by atoms with Crippen LogP contribution in [0.3, 0.4) is 0 Å². The van der Waals surface area contributed by atoms with Crippen LogP contribution < -0.4 is 11.1 Å². The maximum absolute atomic E-state index is 7.30. The van der Waals surface area contributed by atoms with Gasteiger partial charge in [-0.25, -0.2) is 0 Å². The van der Waals surface area contributed by atoms with Crippen LogP contribution in [0.4, 0.5) is 0 Å². The molecule has 0 bridgehead atoms. The SMILES string of the molecule is CCC(CC)NCc1ccc(C(=N)N)cc1. The molecule has 1 aromatic rings. The molecule has 0 aliphatic heterocycles. The van der Waals surface area contributed by atoms with Gasteiger partial charge in [-0.1, -0.05) is 38.1 Å². The first kappa shape index (κ1) is 12.7. The fourth-order valence-corrected chi connectivity index (χ4v) is 1.64. The summed E-state index contributed by atoms with van der Waals surface area (Å²) in [5.41, 5.74) is 7.41. The minimum absolute atomic E-state index is 0.125. The lowest BCUT2D eigenvalue weighted by Crippen LogP contribution is -2.27. The number of rotatable bonds is 6. The van der Waals surface area contributed by atoms with Gasteiger partial charge in [0.2, 0.25) is 0 Å². The second-order valence-electron chi connectivity index (χ2n) is 4.00. The summed E-state index contributed by atoms with van der Waals surface area (Å²) in [5.74, 6) is 0.125. The predicted molar refractivity (Wildman–Crippen MR) is 68.7 cm³/mol. The van der Waals surface area contributed by atoms with Gasteiger partial charge in [0.1, 0.15) is 5.84 Å². The van der Waals surface area contributed by atoms with Gasteiger partial charge in [-0.05, 0) is 18.4 Å². The van der Waals surface area contributed by atoms with E-state index in [9.17, 15) is 0 Å². The smallest absolute Gasteiger partial charge is 0.122 e. The van der Waals surface area contributed by atoms with Gasteiger partial charge in [-0.2, -0.15) is 0 Å². The van der Waals surface area contributed by atoms with Crippen LogP contribution in [-0.4, -0.2) is 11.9 Å². The molecule has 0 fully saturated rings. The number of hydrogen-bond acceptors (Lipinski definition) is 2. The Labute approximate surface area is 97.6 Å². The summed E-state index contributed by atoms with van der Waals surface area (Å²) in [5, 5.41) is 10.8. The lowest BCUT2D eigenvalue weighted by atomic mass is 10.1. The summed E-state index contributed by atoms with van der Waals surface area (Å²) >= 11 is 0. The molecule has 0 aliphatic carbocycles. The Morgan fingerprint density at radius 1 is 1.25 bits per heavy atom. The first-order valence-electron chi connectivity index (χ1n) is 5.84. The van der Waals surface area contributed by atoms with Gasteiger partial charge in [0, 0.05) is 18.2 Å². The van der Waals surface area contributed by atoms with E-state index in [-0.39, 0.29) is 5.84 Å². The van der Waals surface area contributed by atoms with Crippen LogP contribution in [0, 0.1) is 5.41 Å². The summed E-state index contributed by atoms with van der Waals surface area (Å²) in [7, 11) is 0. The minimum Gasteiger partial charge on any atom is -0.384 e. The van der Waals surface area contributed by atoms with E-state index < -0.39 is 0 Å². The van der Waals surface area contributed by atoms with Crippen LogP contribution in [0.5, 0.6) is 0 Å². The summed E-state index contributed by atoms with van der Waals surface area (Å²) < 4.78 is 0. The van der Waals surface area contributed by atoms with Crippen molar-refractivity contribution >= 4 is 5.84 Å². The zero-order valence-electron chi connectivity index (χ0n) is 10.1. The number of amidine groups is 1. The number of hydrogen-bond donors (Lipinski definition) is 3. The molecular weight excluding hydrogens is 198 g/mol. The average molecular weight is 219 g/mol. The van der Waals surface area contributed by atoms with Gasteiger partial charge in [0.25, 0.3) is 0 Å². The van der Waals surface area contributed by atoms with E-state index in [4.69, 9.17) is 11.1 Å². The predicted octanol–water partition coefficient (Wildman–Crippen LogP) is 2.25. The van der Waals surface area contributed by atoms with Gasteiger partial charge in [0.05, 0.1) is 0 Å². The van der Waals surface area contributed by atoms with E-state index in [1.165, 1.54) is 5.56 Å². The van der Waals surface area contributed by atoms with E-state index in [0.717, 1.165) is 24.9 Å². The Bertz CT molecular complexity index is 326. The van der Waals surface area contributed by atoms with E-state index in [1.54, 1.807) is 0 Å². The van der Waals surface area contributed by atoms with Crippen LogP contribution in [-0.2, 0) is 6.54 Å². The fourth-order valence-electron chi connectivity index (χ4n) is 1.64. The molecular formula is C13H21N3. The Hall–Kier alpha value is -1.35. The normalized spacial score (nSPS) is 10.7. The molecule has 0 heterocycles. The maximum Gasteiger partial charge on any atom is 0.122 e. The molecule has 0 aromatic heterocycles. The fraction of sp³-hybridized carbons (Fsp3) is 0.462. The molecule has 3 heteroatoms. The van der Waals surface area contributed by atoms with Gasteiger partial charge < -0.3 is 11.1 Å². The molecule has 3 nitrogen and oxygen atoms in total. The second-order valence-corrected chi connectivity index (χ2v) is 4.00. The largest absolute Gasteiger partial charge is 0.384 e. The highest BCUT2D eigenvalue weighted by molar-refractivity contribution is 5.94. The number of benzene rings is 1. The molecule has 0 unspecified atom stereocenters. The van der Waals surface area contributed by atoms with Crippen molar-refractivity contribution in [2.75, 3.05) is 0 Å². The molecule has 0 spiro atoms. The third kappa shape index (κ3) is 3.66. The van der Waals surface area contributed by atoms with Crippen LogP contribution in [0.2, 0.25) is 0 Å². The van der Waals surface area contributed by atoms with Crippen molar-refractivity contribution < 1.29 is 0 Å².